The summed E-state index contributed by atoms with van der Waals surface area (Å²) in [4.78, 5) is 24.9. The quantitative estimate of drug-likeness (QED) is 0.677. The average molecular weight is 255 g/mol. The van der Waals surface area contributed by atoms with Crippen molar-refractivity contribution >= 4 is 12.4 Å². The SMILES string of the molecule is CC1CC(C=O)CC(C)N(C(=O)OC(C)(C)C)C1. The van der Waals surface area contributed by atoms with Crippen LogP contribution in [0, 0.1) is 11.8 Å². The van der Waals surface area contributed by atoms with E-state index in [2.05, 4.69) is 6.92 Å². The zero-order valence-corrected chi connectivity index (χ0v) is 12.1. The maximum absolute atomic E-state index is 12.1. The molecular formula is C14H25NO3. The summed E-state index contributed by atoms with van der Waals surface area (Å²) in [6.07, 6.45) is 2.33. The molecule has 18 heavy (non-hydrogen) atoms. The lowest BCUT2D eigenvalue weighted by Gasteiger charge is -2.31. The van der Waals surface area contributed by atoms with Gasteiger partial charge in [-0.1, -0.05) is 6.92 Å². The highest BCUT2D eigenvalue weighted by atomic mass is 16.6. The van der Waals surface area contributed by atoms with Crippen molar-refractivity contribution in [2.24, 2.45) is 11.8 Å². The molecule has 0 aliphatic carbocycles. The predicted molar refractivity (Wildman–Crippen MR) is 70.4 cm³/mol. The first-order chi connectivity index (χ1) is 8.23. The van der Waals surface area contributed by atoms with Crippen molar-refractivity contribution in [2.75, 3.05) is 6.54 Å². The molecule has 0 aromatic carbocycles. The maximum atomic E-state index is 12.1. The lowest BCUT2D eigenvalue weighted by Crippen LogP contribution is -2.43. The van der Waals surface area contributed by atoms with Gasteiger partial charge in [0.1, 0.15) is 11.9 Å². The van der Waals surface area contributed by atoms with Crippen molar-refractivity contribution in [1.29, 1.82) is 0 Å². The Kier molecular flexibility index (Phi) is 4.77. The first-order valence-corrected chi connectivity index (χ1v) is 6.68. The van der Waals surface area contributed by atoms with Crippen LogP contribution in [0.5, 0.6) is 0 Å². The molecule has 0 spiro atoms. The van der Waals surface area contributed by atoms with E-state index in [-0.39, 0.29) is 18.1 Å². The molecule has 0 aromatic rings. The van der Waals surface area contributed by atoms with Crippen LogP contribution in [0.15, 0.2) is 0 Å². The van der Waals surface area contributed by atoms with Crippen molar-refractivity contribution in [3.63, 3.8) is 0 Å². The minimum Gasteiger partial charge on any atom is -0.444 e. The van der Waals surface area contributed by atoms with E-state index in [9.17, 15) is 9.59 Å². The van der Waals surface area contributed by atoms with E-state index in [1.807, 2.05) is 27.7 Å². The molecule has 1 saturated heterocycles. The second-order valence-electron chi connectivity index (χ2n) is 6.45. The number of likely N-dealkylation sites (tertiary alicyclic amines) is 1. The molecule has 0 N–H and O–H groups in total. The monoisotopic (exact) mass is 255 g/mol. The van der Waals surface area contributed by atoms with Crippen LogP contribution < -0.4 is 0 Å². The third kappa shape index (κ3) is 4.31. The molecule has 0 bridgehead atoms. The number of aldehydes is 1. The highest BCUT2D eigenvalue weighted by Gasteiger charge is 2.32. The fraction of sp³-hybridized carbons (Fsp3) is 0.857. The van der Waals surface area contributed by atoms with Gasteiger partial charge in [-0.25, -0.2) is 4.79 Å². The highest BCUT2D eigenvalue weighted by Crippen LogP contribution is 2.26. The summed E-state index contributed by atoms with van der Waals surface area (Å²) in [6, 6.07) is 0.0556. The van der Waals surface area contributed by atoms with Gasteiger partial charge in [0.25, 0.3) is 0 Å². The van der Waals surface area contributed by atoms with Crippen molar-refractivity contribution in [2.45, 2.75) is 59.1 Å². The van der Waals surface area contributed by atoms with Crippen LogP contribution in [0.1, 0.15) is 47.5 Å². The van der Waals surface area contributed by atoms with E-state index in [0.717, 1.165) is 19.1 Å². The summed E-state index contributed by atoms with van der Waals surface area (Å²) in [5.74, 6) is 0.389. The normalized spacial score (nSPS) is 29.6. The van der Waals surface area contributed by atoms with E-state index in [1.54, 1.807) is 4.90 Å². The molecule has 1 aliphatic heterocycles. The largest absolute Gasteiger partial charge is 0.444 e. The molecule has 0 saturated carbocycles. The molecule has 4 nitrogen and oxygen atoms in total. The van der Waals surface area contributed by atoms with Gasteiger partial charge in [-0.05, 0) is 46.5 Å². The van der Waals surface area contributed by atoms with Gasteiger partial charge < -0.3 is 14.4 Å². The summed E-state index contributed by atoms with van der Waals surface area (Å²) in [6.45, 7) is 10.3. The summed E-state index contributed by atoms with van der Waals surface area (Å²) in [7, 11) is 0. The number of carbonyl (C=O) groups excluding carboxylic acids is 2. The second-order valence-corrected chi connectivity index (χ2v) is 6.45. The minimum absolute atomic E-state index is 0.0556. The van der Waals surface area contributed by atoms with Crippen LogP contribution in [-0.2, 0) is 9.53 Å². The lowest BCUT2D eigenvalue weighted by atomic mass is 9.95. The van der Waals surface area contributed by atoms with Crippen molar-refractivity contribution in [3.05, 3.63) is 0 Å². The number of hydrogen-bond acceptors (Lipinski definition) is 3. The number of rotatable bonds is 1. The van der Waals surface area contributed by atoms with Gasteiger partial charge in [0, 0.05) is 18.5 Å². The highest BCUT2D eigenvalue weighted by molar-refractivity contribution is 5.68. The molecular weight excluding hydrogens is 230 g/mol. The van der Waals surface area contributed by atoms with E-state index < -0.39 is 5.60 Å². The second kappa shape index (κ2) is 5.72. The smallest absolute Gasteiger partial charge is 0.410 e. The molecule has 1 amide bonds. The van der Waals surface area contributed by atoms with Gasteiger partial charge in [-0.15, -0.1) is 0 Å². The van der Waals surface area contributed by atoms with Crippen molar-refractivity contribution < 1.29 is 14.3 Å². The molecule has 0 aromatic heterocycles. The lowest BCUT2D eigenvalue weighted by molar-refractivity contribution is -0.111. The van der Waals surface area contributed by atoms with Gasteiger partial charge in [0.2, 0.25) is 0 Å². The zero-order valence-electron chi connectivity index (χ0n) is 12.1. The fourth-order valence-electron chi connectivity index (χ4n) is 2.45. The molecule has 1 rings (SSSR count). The third-order valence-electron chi connectivity index (χ3n) is 3.21. The van der Waals surface area contributed by atoms with Crippen LogP contribution in [0.25, 0.3) is 0 Å². The summed E-state index contributed by atoms with van der Waals surface area (Å²) < 4.78 is 5.42. The van der Waals surface area contributed by atoms with Crippen LogP contribution in [0.2, 0.25) is 0 Å². The first-order valence-electron chi connectivity index (χ1n) is 6.68. The molecule has 1 heterocycles. The molecule has 1 aliphatic rings. The molecule has 0 radical (unpaired) electrons. The Balaban J connectivity index is 2.74. The predicted octanol–water partition coefficient (Wildman–Crippen LogP) is 2.86. The Morgan fingerprint density at radius 1 is 1.28 bits per heavy atom. The Morgan fingerprint density at radius 2 is 1.89 bits per heavy atom. The maximum Gasteiger partial charge on any atom is 0.410 e. The van der Waals surface area contributed by atoms with Gasteiger partial charge >= 0.3 is 6.09 Å². The fourth-order valence-corrected chi connectivity index (χ4v) is 2.45. The van der Waals surface area contributed by atoms with Gasteiger partial charge in [-0.2, -0.15) is 0 Å². The van der Waals surface area contributed by atoms with E-state index in [0.29, 0.717) is 12.5 Å². The molecule has 3 unspecified atom stereocenters. The summed E-state index contributed by atoms with van der Waals surface area (Å²) in [5.41, 5.74) is -0.476. The standard InChI is InChI=1S/C14H25NO3/c1-10-6-12(9-16)7-11(2)15(8-10)13(17)18-14(3,4)5/h9-12H,6-8H2,1-5H3. The Morgan fingerprint density at radius 3 is 2.39 bits per heavy atom. The number of carbonyl (C=O) groups is 2. The first kappa shape index (κ1) is 15.0. The Labute approximate surface area is 110 Å². The van der Waals surface area contributed by atoms with E-state index >= 15 is 0 Å². The van der Waals surface area contributed by atoms with Gasteiger partial charge in [-0.3, -0.25) is 0 Å². The molecule has 1 fully saturated rings. The van der Waals surface area contributed by atoms with E-state index in [4.69, 9.17) is 4.74 Å². The number of nitrogens with zero attached hydrogens (tertiary/aromatic N) is 1. The van der Waals surface area contributed by atoms with Gasteiger partial charge in [0.05, 0.1) is 0 Å². The van der Waals surface area contributed by atoms with Gasteiger partial charge in [0.15, 0.2) is 0 Å². The van der Waals surface area contributed by atoms with E-state index in [1.165, 1.54) is 0 Å². The number of ether oxygens (including phenoxy) is 1. The van der Waals surface area contributed by atoms with Crippen LogP contribution >= 0.6 is 0 Å². The topological polar surface area (TPSA) is 46.6 Å². The molecule has 104 valence electrons. The molecule has 4 heteroatoms. The van der Waals surface area contributed by atoms with Crippen LogP contribution in [0.4, 0.5) is 4.79 Å². The number of hydrogen-bond donors (Lipinski definition) is 0. The summed E-state index contributed by atoms with van der Waals surface area (Å²) in [5, 5.41) is 0. The Hall–Kier alpha value is -1.06. The third-order valence-corrected chi connectivity index (χ3v) is 3.21. The van der Waals surface area contributed by atoms with Crippen molar-refractivity contribution in [3.8, 4) is 0 Å². The zero-order chi connectivity index (χ0) is 13.9. The minimum atomic E-state index is -0.476. The average Bonchev–Trinajstić information content (AvgIpc) is 2.35. The van der Waals surface area contributed by atoms with Crippen molar-refractivity contribution in [1.82, 2.24) is 4.90 Å². The van der Waals surface area contributed by atoms with Crippen LogP contribution in [-0.4, -0.2) is 35.5 Å². The van der Waals surface area contributed by atoms with Crippen LogP contribution in [0.3, 0.4) is 0 Å². The number of amides is 1. The summed E-state index contributed by atoms with van der Waals surface area (Å²) >= 11 is 0. The molecule has 3 atom stereocenters. The Bertz CT molecular complexity index is 309.